The quantitative estimate of drug-likeness (QED) is 0.277. The highest BCUT2D eigenvalue weighted by atomic mass is 35.5. The monoisotopic (exact) mass is 492 g/mol. The van der Waals surface area contributed by atoms with E-state index in [9.17, 15) is 4.39 Å². The van der Waals surface area contributed by atoms with Crippen LogP contribution in [0.5, 0.6) is 17.2 Å². The molecule has 3 aromatic rings. The van der Waals surface area contributed by atoms with Crippen molar-refractivity contribution in [2.45, 2.75) is 38.5 Å². The minimum absolute atomic E-state index is 0.0499. The second-order valence-electron chi connectivity index (χ2n) is 8.08. The molecule has 2 nitrogen and oxygen atoms in total. The van der Waals surface area contributed by atoms with Crippen molar-refractivity contribution in [2.75, 3.05) is 0 Å². The van der Waals surface area contributed by atoms with Gasteiger partial charge in [0.25, 0.3) is 0 Å². The second-order valence-corrected chi connectivity index (χ2v) is 9.37. The molecule has 0 unspecified atom stereocenters. The lowest BCUT2D eigenvalue weighted by molar-refractivity contribution is 0.439. The van der Waals surface area contributed by atoms with Gasteiger partial charge in [0.1, 0.15) is 11.5 Å². The maximum atomic E-state index is 14.2. The van der Waals surface area contributed by atoms with E-state index in [2.05, 4.69) is 13.8 Å². The number of ether oxygens (including phenoxy) is 2. The predicted molar refractivity (Wildman–Crippen MR) is 131 cm³/mol. The Balaban J connectivity index is 1.59. The van der Waals surface area contributed by atoms with Gasteiger partial charge in [0, 0.05) is 0 Å². The highest BCUT2D eigenvalue weighted by Crippen LogP contribution is 2.32. The number of hydrogen-bond donors (Lipinski definition) is 0. The third kappa shape index (κ3) is 6.90. The van der Waals surface area contributed by atoms with E-state index in [0.717, 1.165) is 24.8 Å². The summed E-state index contributed by atoms with van der Waals surface area (Å²) in [6, 6.07) is 22.0. The van der Waals surface area contributed by atoms with Crippen LogP contribution >= 0.6 is 34.8 Å². The van der Waals surface area contributed by atoms with E-state index < -0.39 is 0 Å². The second kappa shape index (κ2) is 11.1. The average molecular weight is 494 g/mol. The van der Waals surface area contributed by atoms with Crippen LogP contribution in [0.2, 0.25) is 0 Å². The molecule has 3 aromatic carbocycles. The molecule has 0 fully saturated rings. The van der Waals surface area contributed by atoms with Gasteiger partial charge in [0.15, 0.2) is 16.1 Å². The van der Waals surface area contributed by atoms with Gasteiger partial charge in [-0.15, -0.1) is 0 Å². The molecule has 0 aliphatic carbocycles. The zero-order chi connectivity index (χ0) is 23.1. The van der Waals surface area contributed by atoms with Gasteiger partial charge in [-0.05, 0) is 83.8 Å². The van der Waals surface area contributed by atoms with Crippen molar-refractivity contribution in [2.24, 2.45) is 0 Å². The van der Waals surface area contributed by atoms with Gasteiger partial charge in [-0.1, -0.05) is 73.4 Å². The highest BCUT2D eigenvalue weighted by molar-refractivity contribution is 6.59. The molecule has 0 saturated heterocycles. The number of hydrogen-bond acceptors (Lipinski definition) is 2. The summed E-state index contributed by atoms with van der Waals surface area (Å²) in [4.78, 5) is 0. The predicted octanol–water partition coefficient (Wildman–Crippen LogP) is 9.14. The van der Waals surface area contributed by atoms with Crippen LogP contribution in [0.3, 0.4) is 0 Å². The molecule has 0 N–H and O–H groups in total. The first kappa shape index (κ1) is 24.4. The van der Waals surface area contributed by atoms with Crippen molar-refractivity contribution in [3.8, 4) is 17.2 Å². The molecular weight excluding hydrogens is 470 g/mol. The number of rotatable bonds is 9. The van der Waals surface area contributed by atoms with Crippen molar-refractivity contribution in [3.05, 3.63) is 99.5 Å². The number of halogens is 4. The summed E-state index contributed by atoms with van der Waals surface area (Å²) in [6.07, 6.45) is 2.72. The van der Waals surface area contributed by atoms with Crippen LogP contribution in [-0.4, -0.2) is 0 Å². The van der Waals surface area contributed by atoms with Crippen molar-refractivity contribution >= 4 is 34.8 Å². The lowest BCUT2D eigenvalue weighted by Crippen LogP contribution is -2.17. The van der Waals surface area contributed by atoms with Crippen LogP contribution < -0.4 is 9.47 Å². The molecule has 0 atom stereocenters. The van der Waals surface area contributed by atoms with Crippen molar-refractivity contribution < 1.29 is 13.9 Å². The van der Waals surface area contributed by atoms with Crippen LogP contribution in [-0.2, 0) is 11.8 Å². The molecule has 0 bridgehead atoms. The first-order valence-electron chi connectivity index (χ1n) is 10.2. The Bertz CT molecular complexity index is 1060. The Hall–Kier alpha value is -2.20. The minimum atomic E-state index is -0.370. The minimum Gasteiger partial charge on any atom is -0.454 e. The topological polar surface area (TPSA) is 18.5 Å². The maximum Gasteiger partial charge on any atom is 0.224 e. The summed E-state index contributed by atoms with van der Waals surface area (Å²) < 4.78 is 25.2. The average Bonchev–Trinajstić information content (AvgIpc) is 2.77. The zero-order valence-corrected chi connectivity index (χ0v) is 20.1. The smallest absolute Gasteiger partial charge is 0.224 e. The van der Waals surface area contributed by atoms with Gasteiger partial charge >= 0.3 is 0 Å². The maximum absolute atomic E-state index is 14.2. The number of aryl methyl sites for hydroxylation is 1. The van der Waals surface area contributed by atoms with Gasteiger partial charge in [-0.25, -0.2) is 4.39 Å². The summed E-state index contributed by atoms with van der Waals surface area (Å²) in [5, 5.41) is -0.0599. The fourth-order valence-electron chi connectivity index (χ4n) is 3.39. The lowest BCUT2D eigenvalue weighted by Gasteiger charge is -2.25. The van der Waals surface area contributed by atoms with Crippen LogP contribution in [0.25, 0.3) is 0 Å². The lowest BCUT2D eigenvalue weighted by atomic mass is 9.80. The summed E-state index contributed by atoms with van der Waals surface area (Å²) >= 11 is 17.0. The molecule has 0 heterocycles. The summed E-state index contributed by atoms with van der Waals surface area (Å²) in [7, 11) is 0. The molecule has 32 heavy (non-hydrogen) atoms. The van der Waals surface area contributed by atoms with Gasteiger partial charge in [-0.3, -0.25) is 0 Å². The molecule has 0 aliphatic heterocycles. The molecule has 0 aromatic heterocycles. The Kier molecular flexibility index (Phi) is 8.47. The van der Waals surface area contributed by atoms with E-state index in [-0.39, 0.29) is 26.7 Å². The van der Waals surface area contributed by atoms with E-state index in [0.29, 0.717) is 11.5 Å². The largest absolute Gasteiger partial charge is 0.454 e. The first-order chi connectivity index (χ1) is 15.2. The molecule has 0 saturated carbocycles. The molecular formula is C26H24Cl3FO2. The van der Waals surface area contributed by atoms with Crippen LogP contribution in [0.1, 0.15) is 37.8 Å². The standard InChI is InChI=1S/C26H24Cl3FO2/c1-26(2,19-11-13-21(14-12-19)32-25(29)24(27)28)16-6-7-18-10-15-22(30)23(17-18)31-20-8-4-3-5-9-20/h3-5,8-15,17H,6-7,16H2,1-2H3. The third-order valence-electron chi connectivity index (χ3n) is 5.23. The Labute approximate surface area is 203 Å². The Morgan fingerprint density at radius 3 is 2.22 bits per heavy atom. The molecule has 168 valence electrons. The van der Waals surface area contributed by atoms with Crippen molar-refractivity contribution in [3.63, 3.8) is 0 Å². The highest BCUT2D eigenvalue weighted by Gasteiger charge is 2.20. The van der Waals surface area contributed by atoms with Crippen LogP contribution in [0.15, 0.2) is 82.5 Å². The summed E-state index contributed by atoms with van der Waals surface area (Å²) in [5.41, 5.74) is 2.16. The summed E-state index contributed by atoms with van der Waals surface area (Å²) in [5.74, 6) is 1.05. The van der Waals surface area contributed by atoms with Gasteiger partial charge in [-0.2, -0.15) is 0 Å². The fourth-order valence-corrected chi connectivity index (χ4v) is 3.56. The molecule has 6 heteroatoms. The number of benzene rings is 3. The first-order valence-corrected chi connectivity index (χ1v) is 11.4. The van der Waals surface area contributed by atoms with E-state index >= 15 is 0 Å². The van der Waals surface area contributed by atoms with Gasteiger partial charge in [0.2, 0.25) is 5.22 Å². The van der Waals surface area contributed by atoms with Gasteiger partial charge in [0.05, 0.1) is 0 Å². The summed E-state index contributed by atoms with van der Waals surface area (Å²) in [6.45, 7) is 4.39. The fraction of sp³-hybridized carbons (Fsp3) is 0.231. The van der Waals surface area contributed by atoms with E-state index in [1.807, 2.05) is 48.5 Å². The van der Waals surface area contributed by atoms with Gasteiger partial charge < -0.3 is 9.47 Å². The molecule has 3 rings (SSSR count). The SMILES string of the molecule is CC(C)(CCCc1ccc(F)c(Oc2ccccc2)c1)c1ccc(OC(Cl)=C(Cl)Cl)cc1. The Morgan fingerprint density at radius 1 is 0.875 bits per heavy atom. The van der Waals surface area contributed by atoms with Crippen molar-refractivity contribution in [1.29, 1.82) is 0 Å². The van der Waals surface area contributed by atoms with E-state index in [4.69, 9.17) is 44.3 Å². The third-order valence-corrected chi connectivity index (χ3v) is 6.03. The van der Waals surface area contributed by atoms with Crippen LogP contribution in [0, 0.1) is 5.82 Å². The molecule has 0 radical (unpaired) electrons. The van der Waals surface area contributed by atoms with E-state index in [1.54, 1.807) is 18.2 Å². The zero-order valence-electron chi connectivity index (χ0n) is 17.9. The van der Waals surface area contributed by atoms with Crippen LogP contribution in [0.4, 0.5) is 4.39 Å². The van der Waals surface area contributed by atoms with Crippen molar-refractivity contribution in [1.82, 2.24) is 0 Å². The Morgan fingerprint density at radius 2 is 1.56 bits per heavy atom. The number of para-hydroxylation sites is 1. The molecule has 0 aliphatic rings. The normalized spacial score (nSPS) is 11.2. The van der Waals surface area contributed by atoms with E-state index in [1.165, 1.54) is 11.6 Å². The molecule has 0 amide bonds. The molecule has 0 spiro atoms.